The Balaban J connectivity index is 2.05. The van der Waals surface area contributed by atoms with E-state index in [0.717, 1.165) is 4.68 Å². The molecule has 106 valence electrons. The van der Waals surface area contributed by atoms with Crippen LogP contribution in [0, 0.1) is 0 Å². The van der Waals surface area contributed by atoms with Gasteiger partial charge in [-0.25, -0.2) is 4.68 Å². The number of nitrogens with zero attached hydrogens (tertiary/aromatic N) is 3. The van der Waals surface area contributed by atoms with Gasteiger partial charge in [0, 0.05) is 11.1 Å². The van der Waals surface area contributed by atoms with Gasteiger partial charge in [-0.15, -0.1) is 5.10 Å². The van der Waals surface area contributed by atoms with Crippen LogP contribution in [0.5, 0.6) is 0 Å². The van der Waals surface area contributed by atoms with Crippen molar-refractivity contribution in [1.82, 2.24) is 15.0 Å². The molecule has 7 nitrogen and oxygen atoms in total. The minimum Gasteiger partial charge on any atom is -0.465 e. The average Bonchev–Trinajstić information content (AvgIpc) is 2.89. The van der Waals surface area contributed by atoms with Gasteiger partial charge in [0.15, 0.2) is 5.69 Å². The molecule has 0 amide bonds. The highest BCUT2D eigenvalue weighted by Gasteiger charge is 2.35. The molecule has 0 saturated carbocycles. The molecular weight excluding hydrogens is 274 g/mol. The number of carbonyl (C=O) groups excluding carboxylic acids is 3. The van der Waals surface area contributed by atoms with E-state index in [1.807, 2.05) is 0 Å². The van der Waals surface area contributed by atoms with Crippen molar-refractivity contribution >= 4 is 17.5 Å². The number of hydrogen-bond acceptors (Lipinski definition) is 6. The second kappa shape index (κ2) is 4.93. The highest BCUT2D eigenvalue weighted by Crippen LogP contribution is 2.25. The highest BCUT2D eigenvalue weighted by atomic mass is 16.5. The number of hydrogen-bond donors (Lipinski definition) is 0. The van der Waals surface area contributed by atoms with Crippen LogP contribution < -0.4 is 0 Å². The molecule has 21 heavy (non-hydrogen) atoms. The summed E-state index contributed by atoms with van der Waals surface area (Å²) in [6, 6.07) is 6.50. The number of ketones is 2. The summed E-state index contributed by atoms with van der Waals surface area (Å²) in [5, 5.41) is 7.46. The number of ether oxygens (including phenoxy) is 1. The molecule has 0 N–H and O–H groups in total. The number of benzene rings is 1. The molecule has 0 atom stereocenters. The van der Waals surface area contributed by atoms with Crippen LogP contribution in [0.2, 0.25) is 0 Å². The summed E-state index contributed by atoms with van der Waals surface area (Å²) in [6.07, 6.45) is 0. The van der Waals surface area contributed by atoms with Crippen LogP contribution in [-0.4, -0.2) is 39.1 Å². The lowest BCUT2D eigenvalue weighted by Gasteiger charge is -2.13. The molecule has 1 heterocycles. The molecule has 0 unspecified atom stereocenters. The fourth-order valence-electron chi connectivity index (χ4n) is 2.26. The first-order valence-electron chi connectivity index (χ1n) is 6.41. The third-order valence-electron chi connectivity index (χ3n) is 3.17. The largest absolute Gasteiger partial charge is 0.465 e. The second-order valence-corrected chi connectivity index (χ2v) is 4.45. The molecular formula is C14H11N3O4. The topological polar surface area (TPSA) is 91.2 Å². The van der Waals surface area contributed by atoms with Gasteiger partial charge in [-0.05, 0) is 6.92 Å². The van der Waals surface area contributed by atoms with Crippen LogP contribution in [0.4, 0.5) is 0 Å². The number of fused-ring (bicyclic) bond motifs is 2. The van der Waals surface area contributed by atoms with Gasteiger partial charge in [0.2, 0.25) is 11.6 Å². The molecule has 7 heteroatoms. The summed E-state index contributed by atoms with van der Waals surface area (Å²) < 4.78 is 5.93. The minimum absolute atomic E-state index is 0.0250. The lowest BCUT2D eigenvalue weighted by atomic mass is 9.90. The maximum Gasteiger partial charge on any atom is 0.327 e. The first kappa shape index (κ1) is 13.2. The van der Waals surface area contributed by atoms with E-state index < -0.39 is 5.97 Å². The molecule has 3 rings (SSSR count). The van der Waals surface area contributed by atoms with Gasteiger partial charge < -0.3 is 4.74 Å². The highest BCUT2D eigenvalue weighted by molar-refractivity contribution is 6.26. The Kier molecular flexibility index (Phi) is 3.09. The Morgan fingerprint density at radius 2 is 1.86 bits per heavy atom. The maximum absolute atomic E-state index is 12.5. The first-order valence-corrected chi connectivity index (χ1v) is 6.41. The molecule has 0 radical (unpaired) electrons. The Hall–Kier alpha value is -2.83. The van der Waals surface area contributed by atoms with Crippen molar-refractivity contribution in [2.45, 2.75) is 13.5 Å². The van der Waals surface area contributed by atoms with Crippen LogP contribution in [0.15, 0.2) is 24.3 Å². The summed E-state index contributed by atoms with van der Waals surface area (Å²) in [5.74, 6) is -1.27. The van der Waals surface area contributed by atoms with E-state index in [4.69, 9.17) is 4.74 Å². The number of esters is 1. The molecule has 1 aromatic carbocycles. The van der Waals surface area contributed by atoms with Gasteiger partial charge in [-0.2, -0.15) is 0 Å². The molecule has 0 aliphatic heterocycles. The summed E-state index contributed by atoms with van der Waals surface area (Å²) >= 11 is 0. The van der Waals surface area contributed by atoms with Gasteiger partial charge in [-0.3, -0.25) is 14.4 Å². The minimum atomic E-state index is -0.538. The Morgan fingerprint density at radius 1 is 1.19 bits per heavy atom. The van der Waals surface area contributed by atoms with E-state index in [9.17, 15) is 14.4 Å². The fourth-order valence-corrected chi connectivity index (χ4v) is 2.26. The van der Waals surface area contributed by atoms with Crippen LogP contribution in [0.3, 0.4) is 0 Å². The van der Waals surface area contributed by atoms with Gasteiger partial charge in [0.05, 0.1) is 6.61 Å². The summed E-state index contributed by atoms with van der Waals surface area (Å²) in [6.45, 7) is 1.66. The van der Waals surface area contributed by atoms with Crippen molar-refractivity contribution in [2.75, 3.05) is 6.61 Å². The number of carbonyl (C=O) groups is 3. The molecule has 0 saturated heterocycles. The monoisotopic (exact) mass is 285 g/mol. The van der Waals surface area contributed by atoms with Crippen LogP contribution in [0.25, 0.3) is 0 Å². The Labute approximate surface area is 119 Å². The summed E-state index contributed by atoms with van der Waals surface area (Å²) in [7, 11) is 0. The van der Waals surface area contributed by atoms with Crippen LogP contribution in [-0.2, 0) is 16.1 Å². The molecule has 1 aliphatic carbocycles. The lowest BCUT2D eigenvalue weighted by Crippen LogP contribution is -2.25. The summed E-state index contributed by atoms with van der Waals surface area (Å²) in [5.41, 5.74) is 0.607. The van der Waals surface area contributed by atoms with Crippen LogP contribution >= 0.6 is 0 Å². The smallest absolute Gasteiger partial charge is 0.327 e. The van der Waals surface area contributed by atoms with Crippen molar-refractivity contribution in [3.63, 3.8) is 0 Å². The fraction of sp³-hybridized carbons (Fsp3) is 0.214. The van der Waals surface area contributed by atoms with Crippen molar-refractivity contribution in [1.29, 1.82) is 0 Å². The summed E-state index contributed by atoms with van der Waals surface area (Å²) in [4.78, 5) is 36.3. The molecule has 0 spiro atoms. The predicted molar refractivity (Wildman–Crippen MR) is 70.0 cm³/mol. The molecule has 1 aromatic heterocycles. The van der Waals surface area contributed by atoms with E-state index >= 15 is 0 Å². The third kappa shape index (κ3) is 2.03. The Morgan fingerprint density at radius 3 is 2.52 bits per heavy atom. The zero-order valence-electron chi connectivity index (χ0n) is 11.2. The molecule has 1 aliphatic rings. The van der Waals surface area contributed by atoms with Crippen molar-refractivity contribution in [3.05, 3.63) is 46.8 Å². The van der Waals surface area contributed by atoms with Gasteiger partial charge >= 0.3 is 5.97 Å². The van der Waals surface area contributed by atoms with Crippen molar-refractivity contribution in [3.8, 4) is 0 Å². The van der Waals surface area contributed by atoms with E-state index in [0.29, 0.717) is 11.1 Å². The van der Waals surface area contributed by atoms with Gasteiger partial charge in [0.25, 0.3) is 0 Å². The van der Waals surface area contributed by atoms with E-state index in [2.05, 4.69) is 10.3 Å². The molecule has 2 aromatic rings. The van der Waals surface area contributed by atoms with E-state index in [-0.39, 0.29) is 36.1 Å². The number of rotatable bonds is 3. The lowest BCUT2D eigenvalue weighted by molar-refractivity contribution is -0.144. The SMILES string of the molecule is CCOC(=O)Cn1nnc2c1C(=O)c1ccccc1C2=O. The normalized spacial score (nSPS) is 12.8. The standard InChI is InChI=1S/C14H11N3O4/c1-2-21-10(18)7-17-12-11(15-16-17)13(19)8-5-3-4-6-9(8)14(12)20/h3-6H,2,7H2,1H3. The first-order chi connectivity index (χ1) is 10.1. The van der Waals surface area contributed by atoms with Crippen molar-refractivity contribution in [2.24, 2.45) is 0 Å². The Bertz CT molecular complexity index is 763. The average molecular weight is 285 g/mol. The predicted octanol–water partition coefficient (Wildman–Crippen LogP) is 0.617. The van der Waals surface area contributed by atoms with Gasteiger partial charge in [0.1, 0.15) is 12.2 Å². The second-order valence-electron chi connectivity index (χ2n) is 4.45. The zero-order valence-corrected chi connectivity index (χ0v) is 11.2. The van der Waals surface area contributed by atoms with Crippen molar-refractivity contribution < 1.29 is 19.1 Å². The molecule has 0 fully saturated rings. The van der Waals surface area contributed by atoms with E-state index in [1.165, 1.54) is 0 Å². The van der Waals surface area contributed by atoms with E-state index in [1.54, 1.807) is 31.2 Å². The number of aromatic nitrogens is 3. The van der Waals surface area contributed by atoms with Crippen LogP contribution in [0.1, 0.15) is 39.0 Å². The maximum atomic E-state index is 12.5. The third-order valence-corrected chi connectivity index (χ3v) is 3.17. The zero-order chi connectivity index (χ0) is 15.0. The quantitative estimate of drug-likeness (QED) is 0.655. The molecule has 0 bridgehead atoms. The van der Waals surface area contributed by atoms with Gasteiger partial charge in [-0.1, -0.05) is 29.5 Å².